The highest BCUT2D eigenvalue weighted by Gasteiger charge is 2.27. The summed E-state index contributed by atoms with van der Waals surface area (Å²) in [6.45, 7) is 2.83. The van der Waals surface area contributed by atoms with Crippen LogP contribution in [-0.2, 0) is 16.6 Å². The van der Waals surface area contributed by atoms with Gasteiger partial charge >= 0.3 is 6.03 Å². The molecule has 2 aromatic rings. The molecule has 1 aliphatic heterocycles. The number of urea groups is 1. The van der Waals surface area contributed by atoms with Crippen LogP contribution in [0.2, 0.25) is 0 Å². The zero-order valence-corrected chi connectivity index (χ0v) is 15.9. The maximum Gasteiger partial charge on any atom is 0.324 e. The lowest BCUT2D eigenvalue weighted by molar-refractivity contribution is 0.192. The van der Waals surface area contributed by atoms with Gasteiger partial charge in [-0.15, -0.1) is 0 Å². The van der Waals surface area contributed by atoms with E-state index in [1.54, 1.807) is 59.2 Å². The van der Waals surface area contributed by atoms with Crippen molar-refractivity contribution in [3.05, 3.63) is 59.9 Å². The van der Waals surface area contributed by atoms with E-state index in [0.717, 1.165) is 6.42 Å². The van der Waals surface area contributed by atoms with Crippen LogP contribution in [0.15, 0.2) is 48.5 Å². The van der Waals surface area contributed by atoms with Gasteiger partial charge in [0, 0.05) is 24.3 Å². The number of nitrogens with zero attached hydrogens (tertiary/aromatic N) is 2. The summed E-state index contributed by atoms with van der Waals surface area (Å²) in [5, 5.41) is 0. The highest BCUT2D eigenvalue weighted by atomic mass is 32.2. The zero-order chi connectivity index (χ0) is 19.4. The SMILES string of the molecule is CCS(=O)(=O)Nc1cccc(N2CCCN(Cc3ccccc3F)C2=O)c1. The van der Waals surface area contributed by atoms with Gasteiger partial charge in [0.05, 0.1) is 18.0 Å². The second-order valence-electron chi connectivity index (χ2n) is 6.36. The number of hydrogen-bond donors (Lipinski definition) is 1. The second-order valence-corrected chi connectivity index (χ2v) is 8.37. The number of sulfonamides is 1. The average molecular weight is 391 g/mol. The van der Waals surface area contributed by atoms with Crippen LogP contribution < -0.4 is 9.62 Å². The Kier molecular flexibility index (Phi) is 5.65. The lowest BCUT2D eigenvalue weighted by Crippen LogP contribution is -2.49. The van der Waals surface area contributed by atoms with E-state index < -0.39 is 10.0 Å². The lowest BCUT2D eigenvalue weighted by atomic mass is 10.1. The van der Waals surface area contributed by atoms with Gasteiger partial charge in [-0.1, -0.05) is 24.3 Å². The van der Waals surface area contributed by atoms with Gasteiger partial charge in [0.15, 0.2) is 0 Å². The van der Waals surface area contributed by atoms with E-state index in [-0.39, 0.29) is 24.1 Å². The third-order valence-electron chi connectivity index (χ3n) is 4.44. The van der Waals surface area contributed by atoms with Crippen molar-refractivity contribution in [2.24, 2.45) is 0 Å². The van der Waals surface area contributed by atoms with Crippen LogP contribution in [0.25, 0.3) is 0 Å². The molecule has 0 saturated carbocycles. The van der Waals surface area contributed by atoms with Gasteiger partial charge in [0.25, 0.3) is 0 Å². The van der Waals surface area contributed by atoms with E-state index in [9.17, 15) is 17.6 Å². The fourth-order valence-electron chi connectivity index (χ4n) is 2.99. The van der Waals surface area contributed by atoms with Crippen molar-refractivity contribution in [2.45, 2.75) is 19.9 Å². The first-order chi connectivity index (χ1) is 12.9. The number of hydrogen-bond acceptors (Lipinski definition) is 3. The van der Waals surface area contributed by atoms with Crippen LogP contribution in [0.5, 0.6) is 0 Å². The predicted molar refractivity (Wildman–Crippen MR) is 104 cm³/mol. The first kappa shape index (κ1) is 19.2. The number of amides is 2. The number of halogens is 1. The van der Waals surface area contributed by atoms with E-state index in [4.69, 9.17) is 0 Å². The Morgan fingerprint density at radius 2 is 1.89 bits per heavy atom. The second kappa shape index (κ2) is 7.96. The van der Waals surface area contributed by atoms with E-state index in [2.05, 4.69) is 4.72 Å². The van der Waals surface area contributed by atoms with Gasteiger partial charge in [-0.25, -0.2) is 17.6 Å². The van der Waals surface area contributed by atoms with Gasteiger partial charge < -0.3 is 4.90 Å². The maximum atomic E-state index is 13.9. The summed E-state index contributed by atoms with van der Waals surface area (Å²) in [4.78, 5) is 16.1. The molecule has 2 aromatic carbocycles. The minimum absolute atomic E-state index is 0.0315. The molecule has 1 fully saturated rings. The fourth-order valence-corrected chi connectivity index (χ4v) is 3.62. The van der Waals surface area contributed by atoms with Crippen molar-refractivity contribution in [3.8, 4) is 0 Å². The standard InChI is InChI=1S/C19H22FN3O3S/c1-2-27(25,26)21-16-8-5-9-17(13-16)23-12-6-11-22(19(23)24)14-15-7-3-4-10-18(15)20/h3-5,7-10,13,21H,2,6,11-12,14H2,1H3. The molecule has 1 aliphatic rings. The molecule has 0 atom stereocenters. The van der Waals surface area contributed by atoms with Crippen LogP contribution in [0.3, 0.4) is 0 Å². The van der Waals surface area contributed by atoms with Crippen LogP contribution >= 0.6 is 0 Å². The molecule has 0 unspecified atom stereocenters. The molecule has 0 radical (unpaired) electrons. The number of anilines is 2. The molecule has 27 heavy (non-hydrogen) atoms. The summed E-state index contributed by atoms with van der Waals surface area (Å²) >= 11 is 0. The molecular weight excluding hydrogens is 369 g/mol. The number of benzene rings is 2. The molecule has 0 bridgehead atoms. The van der Waals surface area contributed by atoms with Crippen molar-refractivity contribution >= 4 is 27.4 Å². The Hall–Kier alpha value is -2.61. The summed E-state index contributed by atoms with van der Waals surface area (Å²) < 4.78 is 40.0. The summed E-state index contributed by atoms with van der Waals surface area (Å²) in [6.07, 6.45) is 0.741. The number of carbonyl (C=O) groups is 1. The van der Waals surface area contributed by atoms with E-state index in [0.29, 0.717) is 30.0 Å². The molecule has 2 amide bonds. The summed E-state index contributed by atoms with van der Waals surface area (Å²) in [5.41, 5.74) is 1.49. The maximum absolute atomic E-state index is 13.9. The molecular formula is C19H22FN3O3S. The number of carbonyl (C=O) groups excluding carboxylic acids is 1. The summed E-state index contributed by atoms with van der Waals surface area (Å²) in [5.74, 6) is -0.366. The van der Waals surface area contributed by atoms with Crippen LogP contribution in [-0.4, -0.2) is 38.2 Å². The quantitative estimate of drug-likeness (QED) is 0.820. The highest BCUT2D eigenvalue weighted by molar-refractivity contribution is 7.92. The van der Waals surface area contributed by atoms with Gasteiger partial charge in [0.1, 0.15) is 5.82 Å². The Labute approximate surface area is 158 Å². The minimum atomic E-state index is -3.40. The van der Waals surface area contributed by atoms with Crippen LogP contribution in [0.1, 0.15) is 18.9 Å². The van der Waals surface area contributed by atoms with Gasteiger partial charge in [-0.05, 0) is 37.6 Å². The van der Waals surface area contributed by atoms with Gasteiger partial charge in [-0.3, -0.25) is 9.62 Å². The topological polar surface area (TPSA) is 69.7 Å². The first-order valence-electron chi connectivity index (χ1n) is 8.80. The third kappa shape index (κ3) is 4.57. The molecule has 0 aliphatic carbocycles. The van der Waals surface area contributed by atoms with Crippen molar-refractivity contribution in [2.75, 3.05) is 28.5 Å². The van der Waals surface area contributed by atoms with Gasteiger partial charge in [-0.2, -0.15) is 0 Å². The Balaban J connectivity index is 1.79. The van der Waals surface area contributed by atoms with Crippen LogP contribution in [0, 0.1) is 5.82 Å². The fraction of sp³-hybridized carbons (Fsp3) is 0.316. The number of nitrogens with one attached hydrogen (secondary N) is 1. The monoisotopic (exact) mass is 391 g/mol. The van der Waals surface area contributed by atoms with Gasteiger partial charge in [0.2, 0.25) is 10.0 Å². The van der Waals surface area contributed by atoms with Crippen molar-refractivity contribution in [1.29, 1.82) is 0 Å². The number of rotatable bonds is 6. The minimum Gasteiger partial charge on any atom is -0.320 e. The summed E-state index contributed by atoms with van der Waals surface area (Å²) in [7, 11) is -3.40. The zero-order valence-electron chi connectivity index (χ0n) is 15.1. The molecule has 6 nitrogen and oxygen atoms in total. The van der Waals surface area contributed by atoms with E-state index in [1.165, 1.54) is 6.07 Å². The first-order valence-corrected chi connectivity index (χ1v) is 10.5. The smallest absolute Gasteiger partial charge is 0.320 e. The normalized spacial score (nSPS) is 15.1. The van der Waals surface area contributed by atoms with Crippen molar-refractivity contribution in [3.63, 3.8) is 0 Å². The molecule has 0 aromatic heterocycles. The molecule has 0 spiro atoms. The molecule has 1 N–H and O–H groups in total. The van der Waals surface area contributed by atoms with E-state index >= 15 is 0 Å². The Morgan fingerprint density at radius 3 is 2.63 bits per heavy atom. The molecule has 1 heterocycles. The predicted octanol–water partition coefficient (Wildman–Crippen LogP) is 3.42. The Bertz CT molecular complexity index is 933. The third-order valence-corrected chi connectivity index (χ3v) is 5.75. The largest absolute Gasteiger partial charge is 0.324 e. The molecule has 1 saturated heterocycles. The summed E-state index contributed by atoms with van der Waals surface area (Å²) in [6, 6.07) is 12.9. The lowest BCUT2D eigenvalue weighted by Gasteiger charge is -2.36. The molecule has 3 rings (SSSR count). The Morgan fingerprint density at radius 1 is 1.11 bits per heavy atom. The van der Waals surface area contributed by atoms with Crippen molar-refractivity contribution in [1.82, 2.24) is 4.90 Å². The average Bonchev–Trinajstić information content (AvgIpc) is 2.65. The highest BCUT2D eigenvalue weighted by Crippen LogP contribution is 2.25. The van der Waals surface area contributed by atoms with Crippen LogP contribution in [0.4, 0.5) is 20.6 Å². The molecule has 8 heteroatoms. The molecule has 144 valence electrons. The van der Waals surface area contributed by atoms with E-state index in [1.807, 2.05) is 0 Å². The van der Waals surface area contributed by atoms with Crippen molar-refractivity contribution < 1.29 is 17.6 Å².